The fourth-order valence-corrected chi connectivity index (χ4v) is 2.41. The third-order valence-corrected chi connectivity index (χ3v) is 3.63. The molecule has 1 aliphatic carbocycles. The van der Waals surface area contributed by atoms with Crippen molar-refractivity contribution in [2.75, 3.05) is 0 Å². The molecule has 1 saturated carbocycles. The van der Waals surface area contributed by atoms with Crippen molar-refractivity contribution >= 4 is 5.97 Å². The van der Waals surface area contributed by atoms with E-state index in [-0.39, 0.29) is 11.6 Å². The van der Waals surface area contributed by atoms with E-state index in [0.29, 0.717) is 11.8 Å². The van der Waals surface area contributed by atoms with E-state index >= 15 is 0 Å². The van der Waals surface area contributed by atoms with E-state index in [4.69, 9.17) is 4.74 Å². The summed E-state index contributed by atoms with van der Waals surface area (Å²) in [7, 11) is 0. The van der Waals surface area contributed by atoms with Crippen molar-refractivity contribution in [3.05, 3.63) is 0 Å². The SMILES string of the molecule is CC1(C)CCC2(CCC(=O)O2)CC1. The Morgan fingerprint density at radius 3 is 2.15 bits per heavy atom. The van der Waals surface area contributed by atoms with E-state index < -0.39 is 0 Å². The number of ether oxygens (including phenoxy) is 1. The Balaban J connectivity index is 2.01. The van der Waals surface area contributed by atoms with Crippen LogP contribution in [-0.4, -0.2) is 11.6 Å². The number of hydrogen-bond donors (Lipinski definition) is 0. The summed E-state index contributed by atoms with van der Waals surface area (Å²) < 4.78 is 5.44. The van der Waals surface area contributed by atoms with Crippen LogP contribution in [0.5, 0.6) is 0 Å². The van der Waals surface area contributed by atoms with Crippen LogP contribution in [0.2, 0.25) is 0 Å². The third-order valence-electron chi connectivity index (χ3n) is 3.63. The fourth-order valence-electron chi connectivity index (χ4n) is 2.41. The average molecular weight is 182 g/mol. The molecule has 2 fully saturated rings. The van der Waals surface area contributed by atoms with Gasteiger partial charge in [-0.3, -0.25) is 4.79 Å². The van der Waals surface area contributed by atoms with Crippen LogP contribution >= 0.6 is 0 Å². The summed E-state index contributed by atoms with van der Waals surface area (Å²) in [5.74, 6) is 0.0136. The van der Waals surface area contributed by atoms with Gasteiger partial charge in [0.15, 0.2) is 0 Å². The monoisotopic (exact) mass is 182 g/mol. The van der Waals surface area contributed by atoms with Gasteiger partial charge in [0.05, 0.1) is 0 Å². The number of esters is 1. The van der Waals surface area contributed by atoms with Crippen molar-refractivity contribution < 1.29 is 9.53 Å². The summed E-state index contributed by atoms with van der Waals surface area (Å²) in [5, 5.41) is 0. The Kier molecular flexibility index (Phi) is 1.90. The minimum Gasteiger partial charge on any atom is -0.459 e. The quantitative estimate of drug-likeness (QED) is 0.538. The van der Waals surface area contributed by atoms with E-state index in [1.807, 2.05) is 0 Å². The highest BCUT2D eigenvalue weighted by molar-refractivity contribution is 5.72. The number of carbonyl (C=O) groups excluding carboxylic acids is 1. The van der Waals surface area contributed by atoms with Gasteiger partial charge in [-0.05, 0) is 37.5 Å². The lowest BCUT2D eigenvalue weighted by atomic mass is 9.70. The zero-order valence-corrected chi connectivity index (χ0v) is 8.56. The first-order valence-corrected chi connectivity index (χ1v) is 5.23. The number of hydrogen-bond acceptors (Lipinski definition) is 2. The molecular weight excluding hydrogens is 164 g/mol. The lowest BCUT2D eigenvalue weighted by Gasteiger charge is -2.39. The number of carbonyl (C=O) groups is 1. The first-order chi connectivity index (χ1) is 6.02. The molecule has 1 heterocycles. The van der Waals surface area contributed by atoms with Crippen molar-refractivity contribution in [2.24, 2.45) is 5.41 Å². The summed E-state index contributed by atoms with van der Waals surface area (Å²) in [5.41, 5.74) is 0.410. The molecule has 2 rings (SSSR count). The minimum atomic E-state index is -0.0490. The molecule has 1 spiro atoms. The van der Waals surface area contributed by atoms with E-state index in [9.17, 15) is 4.79 Å². The molecule has 0 aromatic heterocycles. The van der Waals surface area contributed by atoms with Gasteiger partial charge in [-0.1, -0.05) is 13.8 Å². The minimum absolute atomic E-state index is 0.0136. The summed E-state index contributed by atoms with van der Waals surface area (Å²) in [4.78, 5) is 11.1. The lowest BCUT2D eigenvalue weighted by Crippen LogP contribution is -2.36. The maximum absolute atomic E-state index is 11.1. The first kappa shape index (κ1) is 9.04. The normalized spacial score (nSPS) is 30.5. The molecule has 0 radical (unpaired) electrons. The Morgan fingerprint density at radius 2 is 1.69 bits per heavy atom. The zero-order valence-electron chi connectivity index (χ0n) is 8.56. The predicted molar refractivity (Wildman–Crippen MR) is 50.3 cm³/mol. The van der Waals surface area contributed by atoms with E-state index in [0.717, 1.165) is 19.3 Å². The number of rotatable bonds is 0. The van der Waals surface area contributed by atoms with Gasteiger partial charge in [-0.15, -0.1) is 0 Å². The molecular formula is C11H18O2. The van der Waals surface area contributed by atoms with Crippen molar-refractivity contribution in [1.82, 2.24) is 0 Å². The zero-order chi connectivity index (χ0) is 9.53. The van der Waals surface area contributed by atoms with Gasteiger partial charge in [0, 0.05) is 6.42 Å². The molecule has 0 unspecified atom stereocenters. The smallest absolute Gasteiger partial charge is 0.306 e. The van der Waals surface area contributed by atoms with Crippen molar-refractivity contribution in [3.8, 4) is 0 Å². The lowest BCUT2D eigenvalue weighted by molar-refractivity contribution is -0.152. The Hall–Kier alpha value is -0.530. The summed E-state index contributed by atoms with van der Waals surface area (Å²) in [6, 6.07) is 0. The molecule has 1 saturated heterocycles. The molecule has 74 valence electrons. The first-order valence-electron chi connectivity index (χ1n) is 5.23. The third kappa shape index (κ3) is 1.72. The molecule has 13 heavy (non-hydrogen) atoms. The molecule has 2 nitrogen and oxygen atoms in total. The van der Waals surface area contributed by atoms with Gasteiger partial charge in [0.2, 0.25) is 0 Å². The topological polar surface area (TPSA) is 26.3 Å². The molecule has 0 aromatic rings. The van der Waals surface area contributed by atoms with Crippen LogP contribution in [-0.2, 0) is 9.53 Å². The van der Waals surface area contributed by atoms with E-state index in [1.165, 1.54) is 12.8 Å². The van der Waals surface area contributed by atoms with Gasteiger partial charge < -0.3 is 4.74 Å². The maximum atomic E-state index is 11.1. The van der Waals surface area contributed by atoms with Gasteiger partial charge >= 0.3 is 5.97 Å². The van der Waals surface area contributed by atoms with Crippen LogP contribution < -0.4 is 0 Å². The maximum Gasteiger partial charge on any atom is 0.306 e. The second kappa shape index (κ2) is 2.73. The van der Waals surface area contributed by atoms with Crippen LogP contribution in [0.1, 0.15) is 52.4 Å². The fraction of sp³-hybridized carbons (Fsp3) is 0.909. The summed E-state index contributed by atoms with van der Waals surface area (Å²) in [6.07, 6.45) is 6.14. The Morgan fingerprint density at radius 1 is 1.08 bits per heavy atom. The second-order valence-corrected chi connectivity index (χ2v) is 5.32. The van der Waals surface area contributed by atoms with Crippen molar-refractivity contribution in [1.29, 1.82) is 0 Å². The van der Waals surface area contributed by atoms with E-state index in [2.05, 4.69) is 13.8 Å². The molecule has 2 aliphatic rings. The molecule has 0 N–H and O–H groups in total. The van der Waals surface area contributed by atoms with Crippen molar-refractivity contribution in [3.63, 3.8) is 0 Å². The predicted octanol–water partition coefficient (Wildman–Crippen LogP) is 2.66. The summed E-state index contributed by atoms with van der Waals surface area (Å²) in [6.45, 7) is 4.60. The van der Waals surface area contributed by atoms with Crippen LogP contribution in [0.15, 0.2) is 0 Å². The molecule has 0 aromatic carbocycles. The second-order valence-electron chi connectivity index (χ2n) is 5.32. The van der Waals surface area contributed by atoms with E-state index in [1.54, 1.807) is 0 Å². The van der Waals surface area contributed by atoms with Gasteiger partial charge in [-0.2, -0.15) is 0 Å². The van der Waals surface area contributed by atoms with Gasteiger partial charge in [0.25, 0.3) is 0 Å². The van der Waals surface area contributed by atoms with Crippen LogP contribution in [0.25, 0.3) is 0 Å². The average Bonchev–Trinajstić information content (AvgIpc) is 2.41. The highest BCUT2D eigenvalue weighted by atomic mass is 16.6. The molecule has 2 heteroatoms. The Bertz CT molecular complexity index is 220. The highest BCUT2D eigenvalue weighted by Gasteiger charge is 2.44. The van der Waals surface area contributed by atoms with Crippen LogP contribution in [0.4, 0.5) is 0 Å². The standard InChI is InChI=1S/C11H18O2/c1-10(2)5-7-11(8-6-10)4-3-9(12)13-11/h3-8H2,1-2H3. The van der Waals surface area contributed by atoms with Gasteiger partial charge in [-0.25, -0.2) is 0 Å². The van der Waals surface area contributed by atoms with Crippen LogP contribution in [0.3, 0.4) is 0 Å². The van der Waals surface area contributed by atoms with Crippen molar-refractivity contribution in [2.45, 2.75) is 58.0 Å². The van der Waals surface area contributed by atoms with Crippen LogP contribution in [0, 0.1) is 5.41 Å². The summed E-state index contributed by atoms with van der Waals surface area (Å²) >= 11 is 0. The Labute approximate surface area is 79.7 Å². The largest absolute Gasteiger partial charge is 0.459 e. The molecule has 0 bridgehead atoms. The van der Waals surface area contributed by atoms with Gasteiger partial charge in [0.1, 0.15) is 5.60 Å². The highest BCUT2D eigenvalue weighted by Crippen LogP contribution is 2.46. The molecule has 1 aliphatic heterocycles. The molecule has 0 atom stereocenters. The molecule has 0 amide bonds.